The molecule has 5 atom stereocenters. The molecule has 18 nitrogen and oxygen atoms in total. The van der Waals surface area contributed by atoms with Gasteiger partial charge < -0.3 is 73.4 Å². The van der Waals surface area contributed by atoms with Crippen molar-refractivity contribution in [2.75, 3.05) is 19.6 Å². The van der Waals surface area contributed by atoms with Gasteiger partial charge in [0.15, 0.2) is 11.4 Å². The van der Waals surface area contributed by atoms with E-state index >= 15 is 0 Å². The number of rotatable bonds is 21. The van der Waals surface area contributed by atoms with Crippen LogP contribution in [0.5, 0.6) is 0 Å². The predicted molar refractivity (Wildman–Crippen MR) is 122 cm³/mol. The number of hydrogen-bond acceptors (Lipinski definition) is 16. The molecular weight excluding hydrogens is 772 g/mol. The van der Waals surface area contributed by atoms with Crippen LogP contribution in [-0.4, -0.2) is 93.5 Å². The number of amides is 2. The molecule has 0 aromatic heterocycles. The molecule has 0 aromatic rings. The van der Waals surface area contributed by atoms with Gasteiger partial charge in [0.25, 0.3) is 0 Å². The maximum absolute atomic E-state index is 13.8. The quantitative estimate of drug-likeness (QED) is 0.0488. The molecule has 27 heteroatoms. The zero-order chi connectivity index (χ0) is 33.1. The Morgan fingerprint density at radius 3 is 1.52 bits per heavy atom. The van der Waals surface area contributed by atoms with Crippen LogP contribution in [0.3, 0.4) is 0 Å². The zero-order valence-electron chi connectivity index (χ0n) is 31.0. The molecule has 3 unspecified atom stereocenters. The molecule has 0 heterocycles. The van der Waals surface area contributed by atoms with E-state index in [1.165, 1.54) is 13.8 Å². The third-order valence-corrected chi connectivity index (χ3v) is 7.69. The van der Waals surface area contributed by atoms with E-state index in [1.54, 1.807) is 0 Å². The topological polar surface area (TPSA) is 309 Å². The number of ketones is 1. The number of aliphatic carboxylic acids is 3. The number of ether oxygens (including phenoxy) is 2. The van der Waals surface area contributed by atoms with Crippen molar-refractivity contribution in [1.82, 2.24) is 10.2 Å². The van der Waals surface area contributed by atoms with E-state index in [0.717, 1.165) is 11.8 Å². The summed E-state index contributed by atoms with van der Waals surface area (Å²) in [6.45, 7) is 4.01. The van der Waals surface area contributed by atoms with E-state index < -0.39 is 98.7 Å². The number of nitrogens with one attached hydrogen (secondary N) is 1. The van der Waals surface area contributed by atoms with Crippen LogP contribution in [0.1, 0.15) is 40.5 Å². The first-order valence-corrected chi connectivity index (χ1v) is 14.2. The second-order valence-electron chi connectivity index (χ2n) is 8.87. The first-order chi connectivity index (χ1) is 19.4. The van der Waals surface area contributed by atoms with Crippen molar-refractivity contribution < 1.29 is 314 Å². The van der Waals surface area contributed by atoms with Crippen LogP contribution in [0.2, 0.25) is 6.04 Å². The Morgan fingerprint density at radius 2 is 1.24 bits per heavy atom. The first kappa shape index (κ1) is 75.0. The molecule has 0 aliphatic rings. The Kier molecular flexibility index (Phi) is 54.2. The molecule has 0 aromatic carbocycles. The van der Waals surface area contributed by atoms with Gasteiger partial charge >= 0.3 is 236 Å². The van der Waals surface area contributed by atoms with Crippen LogP contribution in [0.4, 0.5) is 0 Å². The Bertz CT molecular complexity index is 1070. The van der Waals surface area contributed by atoms with E-state index in [1.807, 2.05) is 5.32 Å². The molecule has 0 saturated heterocycles. The standard InChI is InChI=1S/C23H31N2O16Si.8Na/c1-5-22(21(35)36,20(34)24-9-8-10-42(37,38)39)15(18(30)31)14(17(29)25(6-2)7-3)23(13(4)28,41-12-27)16(19(32)33)40-11-26;;;;;;;;/h14-16H,5-10H2,1-4H3,(H,24,34)(H,30,31)(H,32,33)(H,35,36);;;;;;;;/q-5;8*+1/p-3/t14?,15-,16?,22+,23?;;;;;;;;/m1......../s1. The number of carbonyl (C=O) groups excluding carboxylic acids is 8. The number of hydrogen-bond donors (Lipinski definition) is 1. The van der Waals surface area contributed by atoms with Gasteiger partial charge in [-0.2, -0.15) is 0 Å². The van der Waals surface area contributed by atoms with Crippen molar-refractivity contribution >= 4 is 57.3 Å². The Hall–Kier alpha value is 4.06. The summed E-state index contributed by atoms with van der Waals surface area (Å²) in [4.78, 5) is 134. The van der Waals surface area contributed by atoms with Crippen LogP contribution in [0, 0.1) is 17.3 Å². The van der Waals surface area contributed by atoms with Crippen LogP contribution in [-0.2, 0) is 47.8 Å². The molecule has 0 aliphatic carbocycles. The van der Waals surface area contributed by atoms with Gasteiger partial charge in [-0.15, -0.1) is 6.04 Å². The molecule has 50 heavy (non-hydrogen) atoms. The minimum atomic E-state index is -5.36. The molecule has 2 amide bonds. The third-order valence-electron chi connectivity index (χ3n) is 6.72. The Morgan fingerprint density at radius 1 is 0.780 bits per heavy atom. The zero-order valence-corrected chi connectivity index (χ0v) is 48.0. The van der Waals surface area contributed by atoms with Gasteiger partial charge in [-0.3, -0.25) is 23.2 Å². The van der Waals surface area contributed by atoms with Crippen LogP contribution in [0.15, 0.2) is 0 Å². The monoisotopic (exact) mass is 800 g/mol. The number of carboxylic acids is 3. The summed E-state index contributed by atoms with van der Waals surface area (Å²) in [7, 11) is -5.36. The second-order valence-corrected chi connectivity index (χ2v) is 10.7. The van der Waals surface area contributed by atoms with E-state index in [2.05, 4.69) is 9.47 Å². The van der Waals surface area contributed by atoms with Gasteiger partial charge in [-0.25, -0.2) is 0 Å². The average Bonchev–Trinajstić information content (AvgIpc) is 2.88. The summed E-state index contributed by atoms with van der Waals surface area (Å²) in [5.74, 6) is -18.8. The Labute approximate surface area is 467 Å². The van der Waals surface area contributed by atoms with Crippen LogP contribution >= 0.6 is 0 Å². The third kappa shape index (κ3) is 20.2. The largest absolute Gasteiger partial charge is 1.00 e. The number of nitrogens with zero attached hydrogens (tertiary/aromatic N) is 1. The first-order valence-electron chi connectivity index (χ1n) is 12.3. The molecule has 0 bridgehead atoms. The van der Waals surface area contributed by atoms with Gasteiger partial charge in [0, 0.05) is 31.5 Å². The summed E-state index contributed by atoms with van der Waals surface area (Å²) >= 11 is 0. The van der Waals surface area contributed by atoms with Crippen molar-refractivity contribution in [3.63, 3.8) is 0 Å². The van der Waals surface area contributed by atoms with Crippen LogP contribution in [0.25, 0.3) is 0 Å². The molecule has 0 spiro atoms. The fourth-order valence-corrected chi connectivity index (χ4v) is 5.27. The summed E-state index contributed by atoms with van der Waals surface area (Å²) in [6, 6.07) is -0.978. The van der Waals surface area contributed by atoms with Gasteiger partial charge in [0.2, 0.25) is 11.8 Å². The van der Waals surface area contributed by atoms with Crippen molar-refractivity contribution in [2.24, 2.45) is 17.3 Å². The molecule has 238 valence electrons. The molecule has 0 radical (unpaired) electrons. The molecule has 0 aliphatic heterocycles. The number of carbonyl (C=O) groups is 6. The van der Waals surface area contributed by atoms with Gasteiger partial charge in [0.1, 0.15) is 6.10 Å². The normalized spacial score (nSPS) is 13.7. The van der Waals surface area contributed by atoms with E-state index in [-0.39, 0.29) is 250 Å². The van der Waals surface area contributed by atoms with Crippen molar-refractivity contribution in [2.45, 2.75) is 58.3 Å². The molecule has 1 N–H and O–H groups in total. The minimum absolute atomic E-state index is 0. The average molecular weight is 800 g/mol. The van der Waals surface area contributed by atoms with Gasteiger partial charge in [-0.1, -0.05) is 19.9 Å². The van der Waals surface area contributed by atoms with E-state index in [4.69, 9.17) is 0 Å². The number of carboxylic acid groups (broad SMARTS) is 3. The summed E-state index contributed by atoms with van der Waals surface area (Å²) in [5, 5.41) is 39.3. The summed E-state index contributed by atoms with van der Waals surface area (Å²) in [6.07, 6.45) is -4.78. The van der Waals surface area contributed by atoms with E-state index in [9.17, 15) is 68.1 Å². The molecule has 0 saturated carbocycles. The number of Topliss-reactive ketones (excluding diaryl/α,β-unsaturated/α-hetero) is 1. The van der Waals surface area contributed by atoms with Crippen molar-refractivity contribution in [3.05, 3.63) is 0 Å². The fraction of sp³-hybridized carbons (Fsp3) is 0.652. The van der Waals surface area contributed by atoms with Gasteiger partial charge in [-0.05, 0) is 33.6 Å². The van der Waals surface area contributed by atoms with Crippen molar-refractivity contribution in [3.8, 4) is 0 Å². The fourth-order valence-electron chi connectivity index (χ4n) is 4.66. The molecule has 0 fully saturated rings. The summed E-state index contributed by atoms with van der Waals surface area (Å²) < 4.78 is 8.84. The SMILES string of the molecule is CCN(CC)C(=O)C([C@H](C(=O)[O-])[C@](CC)(C(=O)[O-])C(=O)NCCC[Si]([O-])([O-])[O-])C(O[C-]=O)(C(C)=O)C(O[C-]=O)C(=O)[O-].[Na+].[Na+].[Na+].[Na+].[Na+].[Na+].[Na+].[Na+]. The smallest absolute Gasteiger partial charge is 0.881 e. The second kappa shape index (κ2) is 36.2. The van der Waals surface area contributed by atoms with Gasteiger partial charge in [0.05, 0.1) is 23.3 Å². The molecule has 0 rings (SSSR count). The minimum Gasteiger partial charge on any atom is -0.881 e. The van der Waals surface area contributed by atoms with E-state index in [0.29, 0.717) is 19.9 Å². The van der Waals surface area contributed by atoms with Crippen LogP contribution < -0.4 is 271 Å². The maximum Gasteiger partial charge on any atom is 1.00 e. The summed E-state index contributed by atoms with van der Waals surface area (Å²) in [5.41, 5.74) is -7.18. The molecular formula is C23H28N2Na8O16Si. The Balaban J connectivity index is -0.000000300. The maximum atomic E-state index is 13.8. The van der Waals surface area contributed by atoms with Crippen molar-refractivity contribution in [1.29, 1.82) is 0 Å². The predicted octanol–water partition coefficient (Wildman–Crippen LogP) is -32.8.